The van der Waals surface area contributed by atoms with Crippen LogP contribution in [0.1, 0.15) is 37.8 Å². The van der Waals surface area contributed by atoms with E-state index in [-0.39, 0.29) is 24.0 Å². The minimum Gasteiger partial charge on any atom is -0.335 e. The molecule has 2 rings (SSSR count). The van der Waals surface area contributed by atoms with Gasteiger partial charge in [0.15, 0.2) is 0 Å². The van der Waals surface area contributed by atoms with Gasteiger partial charge in [-0.05, 0) is 44.4 Å². The Bertz CT molecular complexity index is 523. The molecule has 22 heavy (non-hydrogen) atoms. The molecule has 0 spiro atoms. The van der Waals surface area contributed by atoms with Gasteiger partial charge in [-0.15, -0.1) is 0 Å². The van der Waals surface area contributed by atoms with Gasteiger partial charge in [0, 0.05) is 12.6 Å². The SMILES string of the molecule is CCc1ccc(CN(C)C(C)C(=O)NC(=O)NC2CC2)cc1. The molecule has 0 bridgehead atoms. The lowest BCUT2D eigenvalue weighted by atomic mass is 10.1. The standard InChI is InChI=1S/C17H25N3O2/c1-4-13-5-7-14(8-6-13)11-20(3)12(2)16(21)19-17(22)18-15-9-10-15/h5-8,12,15H,4,9-11H2,1-3H3,(H2,18,19,21,22). The van der Waals surface area contributed by atoms with Crippen LogP contribution in [-0.2, 0) is 17.8 Å². The molecule has 1 saturated carbocycles. The van der Waals surface area contributed by atoms with Gasteiger partial charge in [0.1, 0.15) is 0 Å². The van der Waals surface area contributed by atoms with Crippen molar-refractivity contribution in [2.75, 3.05) is 7.05 Å². The monoisotopic (exact) mass is 303 g/mol. The van der Waals surface area contributed by atoms with E-state index in [1.807, 2.05) is 11.9 Å². The molecule has 0 saturated heterocycles. The highest BCUT2D eigenvalue weighted by molar-refractivity contribution is 5.96. The summed E-state index contributed by atoms with van der Waals surface area (Å²) in [6, 6.07) is 7.88. The summed E-state index contributed by atoms with van der Waals surface area (Å²) in [5, 5.41) is 5.16. The minimum atomic E-state index is -0.389. The van der Waals surface area contributed by atoms with Crippen molar-refractivity contribution in [2.24, 2.45) is 0 Å². The fraction of sp³-hybridized carbons (Fsp3) is 0.529. The van der Waals surface area contributed by atoms with Crippen molar-refractivity contribution in [2.45, 2.75) is 51.7 Å². The summed E-state index contributed by atoms with van der Waals surface area (Å²) in [7, 11) is 1.89. The minimum absolute atomic E-state index is 0.248. The molecule has 1 aromatic rings. The quantitative estimate of drug-likeness (QED) is 0.845. The number of carbonyl (C=O) groups excluding carboxylic acids is 2. The van der Waals surface area contributed by atoms with Gasteiger partial charge in [-0.25, -0.2) is 4.79 Å². The van der Waals surface area contributed by atoms with Crippen LogP contribution in [0.4, 0.5) is 4.79 Å². The number of nitrogens with one attached hydrogen (secondary N) is 2. The van der Waals surface area contributed by atoms with E-state index in [0.29, 0.717) is 6.54 Å². The average Bonchev–Trinajstić information content (AvgIpc) is 3.30. The zero-order valence-corrected chi connectivity index (χ0v) is 13.6. The van der Waals surface area contributed by atoms with E-state index in [2.05, 4.69) is 41.8 Å². The molecule has 0 aromatic heterocycles. The molecular weight excluding hydrogens is 278 g/mol. The second-order valence-electron chi connectivity index (χ2n) is 6.00. The van der Waals surface area contributed by atoms with E-state index >= 15 is 0 Å². The number of aryl methyl sites for hydroxylation is 1. The lowest BCUT2D eigenvalue weighted by molar-refractivity contribution is -0.124. The maximum atomic E-state index is 12.1. The molecule has 0 radical (unpaired) electrons. The molecule has 3 amide bonds. The van der Waals surface area contributed by atoms with E-state index in [9.17, 15) is 9.59 Å². The van der Waals surface area contributed by atoms with Crippen LogP contribution < -0.4 is 10.6 Å². The van der Waals surface area contributed by atoms with E-state index in [4.69, 9.17) is 0 Å². The Kier molecular flexibility index (Phi) is 5.55. The Morgan fingerprint density at radius 3 is 2.36 bits per heavy atom. The maximum absolute atomic E-state index is 12.1. The van der Waals surface area contributed by atoms with E-state index in [1.165, 1.54) is 5.56 Å². The van der Waals surface area contributed by atoms with Crippen LogP contribution in [0.2, 0.25) is 0 Å². The Hall–Kier alpha value is -1.88. The number of rotatable bonds is 6. The number of nitrogens with zero attached hydrogens (tertiary/aromatic N) is 1. The first-order valence-corrected chi connectivity index (χ1v) is 7.89. The van der Waals surface area contributed by atoms with Crippen LogP contribution in [0.15, 0.2) is 24.3 Å². The molecule has 0 heterocycles. The summed E-state index contributed by atoms with van der Waals surface area (Å²) in [5.74, 6) is -0.272. The molecule has 1 unspecified atom stereocenters. The van der Waals surface area contributed by atoms with Gasteiger partial charge in [0.05, 0.1) is 6.04 Å². The average molecular weight is 303 g/mol. The molecule has 1 aromatic carbocycles. The molecule has 120 valence electrons. The van der Waals surface area contributed by atoms with Crippen LogP contribution in [-0.4, -0.2) is 36.0 Å². The topological polar surface area (TPSA) is 61.4 Å². The highest BCUT2D eigenvalue weighted by Gasteiger charge is 2.25. The summed E-state index contributed by atoms with van der Waals surface area (Å²) >= 11 is 0. The van der Waals surface area contributed by atoms with Crippen molar-refractivity contribution in [1.29, 1.82) is 0 Å². The van der Waals surface area contributed by atoms with Crippen molar-refractivity contribution in [3.63, 3.8) is 0 Å². The Labute approximate surface area is 132 Å². The number of hydrogen-bond donors (Lipinski definition) is 2. The number of benzene rings is 1. The molecule has 1 fully saturated rings. The zero-order valence-electron chi connectivity index (χ0n) is 13.6. The zero-order chi connectivity index (χ0) is 16.1. The third-order valence-corrected chi connectivity index (χ3v) is 4.05. The van der Waals surface area contributed by atoms with Gasteiger partial charge in [-0.3, -0.25) is 15.0 Å². The number of imide groups is 1. The summed E-state index contributed by atoms with van der Waals surface area (Å²) < 4.78 is 0. The number of hydrogen-bond acceptors (Lipinski definition) is 3. The van der Waals surface area contributed by atoms with Gasteiger partial charge in [0.2, 0.25) is 5.91 Å². The van der Waals surface area contributed by atoms with Crippen LogP contribution >= 0.6 is 0 Å². The predicted molar refractivity (Wildman–Crippen MR) is 86.4 cm³/mol. The lowest BCUT2D eigenvalue weighted by Crippen LogP contribution is -2.48. The summed E-state index contributed by atoms with van der Waals surface area (Å²) in [5.41, 5.74) is 2.45. The molecule has 5 nitrogen and oxygen atoms in total. The molecule has 5 heteroatoms. The summed E-state index contributed by atoms with van der Waals surface area (Å²) in [6.45, 7) is 4.60. The third kappa shape index (κ3) is 4.84. The molecule has 1 aliphatic rings. The molecular formula is C17H25N3O2. The number of likely N-dealkylation sites (N-methyl/N-ethyl adjacent to an activating group) is 1. The van der Waals surface area contributed by atoms with Gasteiger partial charge in [-0.2, -0.15) is 0 Å². The van der Waals surface area contributed by atoms with Crippen LogP contribution in [0.25, 0.3) is 0 Å². The number of urea groups is 1. The van der Waals surface area contributed by atoms with E-state index in [1.54, 1.807) is 6.92 Å². The largest absolute Gasteiger partial charge is 0.335 e. The smallest absolute Gasteiger partial charge is 0.321 e. The van der Waals surface area contributed by atoms with Crippen LogP contribution in [0.5, 0.6) is 0 Å². The van der Waals surface area contributed by atoms with Gasteiger partial charge >= 0.3 is 6.03 Å². The van der Waals surface area contributed by atoms with Gasteiger partial charge in [0.25, 0.3) is 0 Å². The highest BCUT2D eigenvalue weighted by Crippen LogP contribution is 2.18. The second kappa shape index (κ2) is 7.40. The van der Waals surface area contributed by atoms with Gasteiger partial charge < -0.3 is 5.32 Å². The first kappa shape index (κ1) is 16.5. The Morgan fingerprint density at radius 1 is 1.23 bits per heavy atom. The molecule has 1 atom stereocenters. The van der Waals surface area contributed by atoms with Crippen molar-refractivity contribution < 1.29 is 9.59 Å². The van der Waals surface area contributed by atoms with Crippen molar-refractivity contribution in [1.82, 2.24) is 15.5 Å². The van der Waals surface area contributed by atoms with Crippen molar-refractivity contribution in [3.8, 4) is 0 Å². The second-order valence-corrected chi connectivity index (χ2v) is 6.00. The maximum Gasteiger partial charge on any atom is 0.321 e. The fourth-order valence-electron chi connectivity index (χ4n) is 2.17. The van der Waals surface area contributed by atoms with Crippen molar-refractivity contribution in [3.05, 3.63) is 35.4 Å². The Morgan fingerprint density at radius 2 is 1.82 bits per heavy atom. The third-order valence-electron chi connectivity index (χ3n) is 4.05. The first-order chi connectivity index (χ1) is 10.5. The van der Waals surface area contributed by atoms with Crippen LogP contribution in [0, 0.1) is 0 Å². The highest BCUT2D eigenvalue weighted by atomic mass is 16.2. The number of amides is 3. The lowest BCUT2D eigenvalue weighted by Gasteiger charge is -2.23. The first-order valence-electron chi connectivity index (χ1n) is 7.89. The predicted octanol–water partition coefficient (Wildman–Crippen LogP) is 2.06. The van der Waals surface area contributed by atoms with Crippen LogP contribution in [0.3, 0.4) is 0 Å². The summed E-state index contributed by atoms with van der Waals surface area (Å²) in [4.78, 5) is 25.6. The Balaban J connectivity index is 1.82. The number of carbonyl (C=O) groups is 2. The fourth-order valence-corrected chi connectivity index (χ4v) is 2.17. The van der Waals surface area contributed by atoms with E-state index in [0.717, 1.165) is 24.8 Å². The van der Waals surface area contributed by atoms with Crippen molar-refractivity contribution >= 4 is 11.9 Å². The molecule has 0 aliphatic heterocycles. The molecule has 1 aliphatic carbocycles. The normalized spacial score (nSPS) is 15.5. The molecule has 2 N–H and O–H groups in total. The van der Waals surface area contributed by atoms with E-state index < -0.39 is 0 Å². The van der Waals surface area contributed by atoms with Gasteiger partial charge in [-0.1, -0.05) is 31.2 Å². The summed E-state index contributed by atoms with van der Waals surface area (Å²) in [6.07, 6.45) is 3.03.